The van der Waals surface area contributed by atoms with E-state index in [1.54, 1.807) is 0 Å². The first-order valence-corrected chi connectivity index (χ1v) is 3.30. The molecule has 0 amide bonds. The minimum Gasteiger partial charge on any atom is -0.301 e. The van der Waals surface area contributed by atoms with E-state index in [2.05, 4.69) is 0 Å². The van der Waals surface area contributed by atoms with Crippen LogP contribution in [0.4, 0.5) is 0 Å². The summed E-state index contributed by atoms with van der Waals surface area (Å²) >= 11 is 1.16. The molecule has 0 aromatic carbocycles. The summed E-state index contributed by atoms with van der Waals surface area (Å²) in [5.41, 5.74) is 1.18. The topological polar surface area (TPSA) is 47.7 Å². The van der Waals surface area contributed by atoms with Crippen LogP contribution in [0.15, 0.2) is 0 Å². The van der Waals surface area contributed by atoms with Gasteiger partial charge in [0.25, 0.3) is 0 Å². The van der Waals surface area contributed by atoms with Gasteiger partial charge < -0.3 is 5.41 Å². The van der Waals surface area contributed by atoms with Gasteiger partial charge in [-0.3, -0.25) is 5.41 Å². The number of thioether (sulfide) groups is 1. The van der Waals surface area contributed by atoms with E-state index in [1.807, 2.05) is 13.8 Å². The third-order valence-electron chi connectivity index (χ3n) is 0.710. The molecule has 0 aliphatic rings. The number of hydrogen-bond donors (Lipinski definition) is 2. The Labute approximate surface area is 76.8 Å². The number of hydrogen-bond acceptors (Lipinski definition) is 3. The van der Waals surface area contributed by atoms with E-state index < -0.39 is 0 Å². The SMILES string of the molecule is CC(C)C(=N)SC=N.I. The molecule has 0 atom stereocenters. The average molecular weight is 258 g/mol. The van der Waals surface area contributed by atoms with Crippen LogP contribution in [0.2, 0.25) is 0 Å². The molecule has 0 radical (unpaired) electrons. The fraction of sp³-hybridized carbons (Fsp3) is 0.600. The Bertz CT molecular complexity index is 103. The van der Waals surface area contributed by atoms with Crippen LogP contribution in [-0.2, 0) is 0 Å². The van der Waals surface area contributed by atoms with Gasteiger partial charge in [0.2, 0.25) is 0 Å². The lowest BCUT2D eigenvalue weighted by atomic mass is 10.2. The largest absolute Gasteiger partial charge is 0.301 e. The van der Waals surface area contributed by atoms with E-state index in [9.17, 15) is 0 Å². The molecule has 0 aliphatic heterocycles. The lowest BCUT2D eigenvalue weighted by Crippen LogP contribution is -1.99. The summed E-state index contributed by atoms with van der Waals surface area (Å²) in [4.78, 5) is 0. The molecule has 0 heterocycles. The molecular weight excluding hydrogens is 247 g/mol. The van der Waals surface area contributed by atoms with Crippen molar-refractivity contribution in [3.63, 3.8) is 0 Å². The third-order valence-corrected chi connectivity index (χ3v) is 1.55. The molecule has 0 saturated heterocycles. The van der Waals surface area contributed by atoms with Crippen LogP contribution in [-0.4, -0.2) is 10.6 Å². The fourth-order valence-electron chi connectivity index (χ4n) is 0.200. The van der Waals surface area contributed by atoms with Crippen LogP contribution in [0, 0.1) is 16.7 Å². The number of halogens is 1. The van der Waals surface area contributed by atoms with Gasteiger partial charge in [0.05, 0.1) is 10.6 Å². The molecule has 0 unspecified atom stereocenters. The van der Waals surface area contributed by atoms with E-state index >= 15 is 0 Å². The van der Waals surface area contributed by atoms with E-state index in [1.165, 1.54) is 5.55 Å². The predicted octanol–water partition coefficient (Wildman–Crippen LogP) is 2.58. The predicted molar refractivity (Wildman–Crippen MR) is 54.4 cm³/mol. The average Bonchev–Trinajstić information content (AvgIpc) is 1.67. The molecule has 0 aromatic rings. The Morgan fingerprint density at radius 2 is 2.00 bits per heavy atom. The lowest BCUT2D eigenvalue weighted by Gasteiger charge is -1.99. The summed E-state index contributed by atoms with van der Waals surface area (Å²) in [6.45, 7) is 3.89. The molecule has 0 spiro atoms. The quantitative estimate of drug-likeness (QED) is 0.446. The van der Waals surface area contributed by atoms with Crippen molar-refractivity contribution >= 4 is 46.3 Å². The number of rotatable bonds is 2. The van der Waals surface area contributed by atoms with E-state index in [4.69, 9.17) is 10.8 Å². The van der Waals surface area contributed by atoms with Gasteiger partial charge in [0.1, 0.15) is 0 Å². The van der Waals surface area contributed by atoms with E-state index in [-0.39, 0.29) is 29.9 Å². The zero-order valence-electron chi connectivity index (χ0n) is 5.47. The first-order valence-electron chi connectivity index (χ1n) is 2.42. The highest BCUT2D eigenvalue weighted by Gasteiger charge is 1.98. The van der Waals surface area contributed by atoms with Crippen molar-refractivity contribution in [3.8, 4) is 0 Å². The second kappa shape index (κ2) is 6.54. The highest BCUT2D eigenvalue weighted by Crippen LogP contribution is 2.06. The second-order valence-electron chi connectivity index (χ2n) is 1.75. The normalized spacial score (nSPS) is 8.33. The molecule has 0 rings (SSSR count). The van der Waals surface area contributed by atoms with Crippen molar-refractivity contribution in [3.05, 3.63) is 0 Å². The van der Waals surface area contributed by atoms with Gasteiger partial charge in [-0.2, -0.15) is 0 Å². The summed E-state index contributed by atoms with van der Waals surface area (Å²) in [6, 6.07) is 0. The van der Waals surface area contributed by atoms with Crippen molar-refractivity contribution in [2.45, 2.75) is 13.8 Å². The molecule has 0 aromatic heterocycles. The van der Waals surface area contributed by atoms with Crippen molar-refractivity contribution in [1.82, 2.24) is 0 Å². The van der Waals surface area contributed by atoms with Crippen LogP contribution in [0.5, 0.6) is 0 Å². The van der Waals surface area contributed by atoms with Crippen LogP contribution in [0.1, 0.15) is 13.8 Å². The molecule has 0 bridgehead atoms. The first-order chi connectivity index (χ1) is 3.68. The highest BCUT2D eigenvalue weighted by atomic mass is 127. The molecular formula is C5H11IN2S. The minimum absolute atomic E-state index is 0. The summed E-state index contributed by atoms with van der Waals surface area (Å²) in [5.74, 6) is 0.265. The van der Waals surface area contributed by atoms with E-state index in [0.717, 1.165) is 11.8 Å². The Morgan fingerprint density at radius 3 is 2.11 bits per heavy atom. The van der Waals surface area contributed by atoms with Crippen LogP contribution in [0.3, 0.4) is 0 Å². The van der Waals surface area contributed by atoms with Gasteiger partial charge in [-0.05, 0) is 0 Å². The van der Waals surface area contributed by atoms with Crippen molar-refractivity contribution < 1.29 is 0 Å². The summed E-state index contributed by atoms with van der Waals surface area (Å²) in [6.07, 6.45) is 0. The van der Waals surface area contributed by atoms with Gasteiger partial charge in [-0.15, -0.1) is 24.0 Å². The summed E-state index contributed by atoms with van der Waals surface area (Å²) in [5, 5.41) is 14.3. The maximum absolute atomic E-state index is 7.16. The zero-order chi connectivity index (χ0) is 6.57. The van der Waals surface area contributed by atoms with Crippen LogP contribution >= 0.6 is 35.7 Å². The minimum atomic E-state index is 0. The first kappa shape index (κ1) is 12.1. The van der Waals surface area contributed by atoms with Crippen LogP contribution in [0.25, 0.3) is 0 Å². The van der Waals surface area contributed by atoms with Gasteiger partial charge >= 0.3 is 0 Å². The number of nitrogens with one attached hydrogen (secondary N) is 2. The van der Waals surface area contributed by atoms with Crippen molar-refractivity contribution in [1.29, 1.82) is 10.8 Å². The molecule has 0 aliphatic carbocycles. The van der Waals surface area contributed by atoms with E-state index in [0.29, 0.717) is 5.04 Å². The van der Waals surface area contributed by atoms with Crippen molar-refractivity contribution in [2.75, 3.05) is 0 Å². The Kier molecular flexibility index (Phi) is 8.81. The second-order valence-corrected chi connectivity index (χ2v) is 2.67. The summed E-state index contributed by atoms with van der Waals surface area (Å²) in [7, 11) is 0. The smallest absolute Gasteiger partial charge is 0.0723 e. The summed E-state index contributed by atoms with van der Waals surface area (Å²) < 4.78 is 0. The molecule has 2 nitrogen and oxygen atoms in total. The molecule has 4 heteroatoms. The lowest BCUT2D eigenvalue weighted by molar-refractivity contribution is 0.895. The van der Waals surface area contributed by atoms with Gasteiger partial charge in [0, 0.05) is 5.92 Å². The highest BCUT2D eigenvalue weighted by molar-refractivity contribution is 14.0. The van der Waals surface area contributed by atoms with Crippen LogP contribution < -0.4 is 0 Å². The molecule has 2 N–H and O–H groups in total. The Hall–Kier alpha value is 0.420. The van der Waals surface area contributed by atoms with Gasteiger partial charge in [-0.25, -0.2) is 0 Å². The fourth-order valence-corrected chi connectivity index (χ4v) is 0.599. The third kappa shape index (κ3) is 6.30. The Balaban J connectivity index is 0. The zero-order valence-corrected chi connectivity index (χ0v) is 8.62. The maximum Gasteiger partial charge on any atom is 0.0723 e. The molecule has 9 heavy (non-hydrogen) atoms. The van der Waals surface area contributed by atoms with Crippen molar-refractivity contribution in [2.24, 2.45) is 5.92 Å². The monoisotopic (exact) mass is 258 g/mol. The van der Waals surface area contributed by atoms with Gasteiger partial charge in [0.15, 0.2) is 0 Å². The maximum atomic E-state index is 7.16. The molecule has 0 saturated carbocycles. The Morgan fingerprint density at radius 1 is 1.56 bits per heavy atom. The molecule has 54 valence electrons. The molecule has 0 fully saturated rings. The standard InChI is InChI=1S/C5H10N2S.HI/c1-4(2)5(7)8-3-6;/h3-4,6-7H,1-2H3;1H. The van der Waals surface area contributed by atoms with Gasteiger partial charge in [-0.1, -0.05) is 25.6 Å².